The second kappa shape index (κ2) is 11.6. The summed E-state index contributed by atoms with van der Waals surface area (Å²) in [6, 6.07) is 10.9. The van der Waals surface area contributed by atoms with E-state index in [4.69, 9.17) is 32.5 Å². The lowest BCUT2D eigenvalue weighted by Crippen LogP contribution is -2.32. The van der Waals surface area contributed by atoms with E-state index in [9.17, 15) is 4.79 Å². The van der Waals surface area contributed by atoms with Crippen LogP contribution in [-0.4, -0.2) is 37.1 Å². The predicted molar refractivity (Wildman–Crippen MR) is 138 cm³/mol. The molecule has 0 aliphatic heterocycles. The monoisotopic (exact) mass is 499 g/mol. The lowest BCUT2D eigenvalue weighted by Gasteiger charge is -2.10. The Morgan fingerprint density at radius 2 is 2.00 bits per heavy atom. The first-order valence-corrected chi connectivity index (χ1v) is 11.5. The van der Waals surface area contributed by atoms with Crippen molar-refractivity contribution in [1.82, 2.24) is 9.69 Å². The number of nitrogen functional groups attached to an aromatic ring is 1. The van der Waals surface area contributed by atoms with Gasteiger partial charge in [-0.15, -0.1) is 0 Å². The van der Waals surface area contributed by atoms with Crippen LogP contribution in [-0.2, 0) is 11.3 Å². The molecule has 3 rings (SSSR count). The molecule has 0 saturated heterocycles. The van der Waals surface area contributed by atoms with E-state index < -0.39 is 5.91 Å². The normalized spacial score (nSPS) is 11.7. The summed E-state index contributed by atoms with van der Waals surface area (Å²) in [5.74, 6) is 0.233. The van der Waals surface area contributed by atoms with Crippen LogP contribution in [0.2, 0.25) is 5.02 Å². The fourth-order valence-corrected chi connectivity index (χ4v) is 4.13. The first-order chi connectivity index (χ1) is 16.3. The van der Waals surface area contributed by atoms with Crippen molar-refractivity contribution in [2.45, 2.75) is 13.5 Å². The highest BCUT2D eigenvalue weighted by atomic mass is 35.5. The van der Waals surface area contributed by atoms with Crippen molar-refractivity contribution in [1.29, 1.82) is 0 Å². The molecule has 5 N–H and O–H groups in total. The standard InChI is InChI=1S/C24H26ClN5O3S/c1-14-20(22(30-34-14)16-6-8-18(33-3)9-7-16)23(31)29-24(27)28-13-15-11-17(5-4-10-32-2)21(26)19(25)12-15/h4-9,11-12H,10,13,26H2,1-3H3,(H3,27,28,29,31). The lowest BCUT2D eigenvalue weighted by molar-refractivity contribution is 0.100. The van der Waals surface area contributed by atoms with Gasteiger partial charge in [0.25, 0.3) is 5.91 Å². The number of ether oxygens (including phenoxy) is 2. The first-order valence-electron chi connectivity index (χ1n) is 10.3. The van der Waals surface area contributed by atoms with Crippen molar-refractivity contribution in [3.63, 3.8) is 0 Å². The molecule has 0 saturated carbocycles. The zero-order valence-corrected chi connectivity index (χ0v) is 20.7. The highest BCUT2D eigenvalue weighted by Gasteiger charge is 2.20. The summed E-state index contributed by atoms with van der Waals surface area (Å²) in [4.78, 5) is 17.7. The van der Waals surface area contributed by atoms with E-state index in [1.807, 2.05) is 49.4 Å². The second-order valence-electron chi connectivity index (χ2n) is 7.28. The molecule has 34 heavy (non-hydrogen) atoms. The molecule has 178 valence electrons. The van der Waals surface area contributed by atoms with Crippen LogP contribution in [0.3, 0.4) is 0 Å². The van der Waals surface area contributed by atoms with E-state index in [0.717, 1.165) is 27.3 Å². The maximum Gasteiger partial charge on any atom is 0.283 e. The van der Waals surface area contributed by atoms with Gasteiger partial charge in [-0.1, -0.05) is 23.8 Å². The number of hydrogen-bond acceptors (Lipinski definition) is 6. The molecule has 1 heterocycles. The highest BCUT2D eigenvalue weighted by Crippen LogP contribution is 2.30. The van der Waals surface area contributed by atoms with E-state index >= 15 is 0 Å². The highest BCUT2D eigenvalue weighted by molar-refractivity contribution is 7.06. The van der Waals surface area contributed by atoms with Crippen LogP contribution >= 0.6 is 23.1 Å². The van der Waals surface area contributed by atoms with Gasteiger partial charge in [0.1, 0.15) is 5.75 Å². The number of anilines is 1. The minimum absolute atomic E-state index is 0.0132. The average molecular weight is 500 g/mol. The van der Waals surface area contributed by atoms with Gasteiger partial charge >= 0.3 is 0 Å². The summed E-state index contributed by atoms with van der Waals surface area (Å²) in [5.41, 5.74) is 15.9. The van der Waals surface area contributed by atoms with Gasteiger partial charge in [0.2, 0.25) is 0 Å². The molecule has 1 amide bonds. The molecule has 3 aromatic rings. The molecule has 8 nitrogen and oxygen atoms in total. The number of nitrogens with two attached hydrogens (primary N) is 2. The van der Waals surface area contributed by atoms with Gasteiger partial charge in [0.15, 0.2) is 5.96 Å². The van der Waals surface area contributed by atoms with Gasteiger partial charge < -0.3 is 26.3 Å². The minimum atomic E-state index is -0.472. The molecule has 0 bridgehead atoms. The Labute approximate surface area is 207 Å². The number of halogens is 1. The summed E-state index contributed by atoms with van der Waals surface area (Å²) in [6.45, 7) is 2.59. The molecule has 0 aliphatic carbocycles. The van der Waals surface area contributed by atoms with Crippen molar-refractivity contribution in [3.8, 4) is 17.0 Å². The first kappa shape index (κ1) is 25.2. The number of carbonyl (C=O) groups excluding carboxylic acids is 1. The number of benzene rings is 2. The molecule has 0 spiro atoms. The Morgan fingerprint density at radius 1 is 1.26 bits per heavy atom. The maximum absolute atomic E-state index is 12.9. The molecule has 0 atom stereocenters. The molecule has 0 aliphatic rings. The number of hydrogen-bond donors (Lipinski definition) is 3. The van der Waals surface area contributed by atoms with Crippen molar-refractivity contribution < 1.29 is 14.3 Å². The SMILES string of the molecule is COCC=Cc1cc(CNC(N)=NC(=O)c2c(-c3ccc(OC)cc3)nsc2C)cc(Cl)c1N. The van der Waals surface area contributed by atoms with Gasteiger partial charge in [-0.3, -0.25) is 4.79 Å². The number of nitrogens with one attached hydrogen (secondary N) is 1. The Hall–Kier alpha value is -3.40. The van der Waals surface area contributed by atoms with Crippen molar-refractivity contribution in [2.75, 3.05) is 26.6 Å². The molecule has 1 aromatic heterocycles. The molecule has 2 aromatic carbocycles. The van der Waals surface area contributed by atoms with Crippen LogP contribution in [0.4, 0.5) is 5.69 Å². The smallest absolute Gasteiger partial charge is 0.283 e. The summed E-state index contributed by atoms with van der Waals surface area (Å²) >= 11 is 7.50. The summed E-state index contributed by atoms with van der Waals surface area (Å²) in [6.07, 6.45) is 3.67. The van der Waals surface area contributed by atoms with Crippen LogP contribution < -0.4 is 21.5 Å². The number of guanidine groups is 1. The van der Waals surface area contributed by atoms with Gasteiger partial charge in [-0.05, 0) is 66.0 Å². The lowest BCUT2D eigenvalue weighted by atomic mass is 10.1. The number of amides is 1. The maximum atomic E-state index is 12.9. The van der Waals surface area contributed by atoms with Gasteiger partial charge in [-0.2, -0.15) is 9.37 Å². The van der Waals surface area contributed by atoms with Gasteiger partial charge in [-0.25, -0.2) is 0 Å². The minimum Gasteiger partial charge on any atom is -0.497 e. The van der Waals surface area contributed by atoms with Crippen LogP contribution in [0.1, 0.15) is 26.4 Å². The molecule has 0 unspecified atom stereocenters. The van der Waals surface area contributed by atoms with Gasteiger partial charge in [0, 0.05) is 24.1 Å². The van der Waals surface area contributed by atoms with E-state index in [1.165, 1.54) is 11.5 Å². The van der Waals surface area contributed by atoms with Crippen LogP contribution in [0, 0.1) is 6.92 Å². The fourth-order valence-electron chi connectivity index (χ4n) is 3.18. The summed E-state index contributed by atoms with van der Waals surface area (Å²) in [7, 11) is 3.21. The largest absolute Gasteiger partial charge is 0.497 e. The third-order valence-electron chi connectivity index (χ3n) is 4.92. The van der Waals surface area contributed by atoms with Crippen LogP contribution in [0.5, 0.6) is 5.75 Å². The Kier molecular flexibility index (Phi) is 8.64. The van der Waals surface area contributed by atoms with E-state index in [-0.39, 0.29) is 5.96 Å². The quantitative estimate of drug-likeness (QED) is 0.240. The van der Waals surface area contributed by atoms with Crippen molar-refractivity contribution in [2.24, 2.45) is 10.7 Å². The Balaban J connectivity index is 1.76. The zero-order chi connectivity index (χ0) is 24.7. The predicted octanol–water partition coefficient (Wildman–Crippen LogP) is 4.27. The number of rotatable bonds is 8. The topological polar surface area (TPSA) is 125 Å². The zero-order valence-electron chi connectivity index (χ0n) is 19.1. The molecule has 0 radical (unpaired) electrons. The third-order valence-corrected chi connectivity index (χ3v) is 5.98. The summed E-state index contributed by atoms with van der Waals surface area (Å²) in [5, 5.41) is 3.38. The summed E-state index contributed by atoms with van der Waals surface area (Å²) < 4.78 is 14.6. The van der Waals surface area contributed by atoms with E-state index in [0.29, 0.717) is 35.1 Å². The van der Waals surface area contributed by atoms with Crippen LogP contribution in [0.15, 0.2) is 47.5 Å². The van der Waals surface area contributed by atoms with Crippen molar-refractivity contribution >= 4 is 46.8 Å². The number of aromatic nitrogens is 1. The Morgan fingerprint density at radius 3 is 2.68 bits per heavy atom. The number of nitrogens with zero attached hydrogens (tertiary/aromatic N) is 2. The fraction of sp³-hybridized carbons (Fsp3) is 0.208. The van der Waals surface area contributed by atoms with Crippen molar-refractivity contribution in [3.05, 3.63) is 69.1 Å². The average Bonchev–Trinajstić information content (AvgIpc) is 3.22. The number of aryl methyl sites for hydroxylation is 1. The second-order valence-corrected chi connectivity index (χ2v) is 8.67. The van der Waals surface area contributed by atoms with E-state index in [2.05, 4.69) is 14.7 Å². The number of aliphatic imine (C=N–C) groups is 1. The molecule has 10 heteroatoms. The molecule has 0 fully saturated rings. The van der Waals surface area contributed by atoms with Crippen LogP contribution in [0.25, 0.3) is 17.3 Å². The third kappa shape index (κ3) is 6.13. The molecular formula is C24H26ClN5O3S. The Bertz CT molecular complexity index is 1220. The number of methoxy groups -OCH3 is 2. The number of carbonyl (C=O) groups is 1. The van der Waals surface area contributed by atoms with E-state index in [1.54, 1.807) is 20.3 Å². The molecular weight excluding hydrogens is 474 g/mol. The van der Waals surface area contributed by atoms with Gasteiger partial charge in [0.05, 0.1) is 35.7 Å².